The summed E-state index contributed by atoms with van der Waals surface area (Å²) in [4.78, 5) is 17.5. The molecule has 0 bridgehead atoms. The molecule has 0 aliphatic heterocycles. The highest BCUT2D eigenvalue weighted by atomic mass is 32.1. The standard InChI is InChI=1S/C14H19N3OS/c1-3-7-17-8-6-15-13(14(17)18)16-10-12-11(4-2)5-9-19-12/h5-6,8-9H,3-4,7,10H2,1-2H3,(H,15,16). The number of nitrogens with one attached hydrogen (secondary N) is 1. The van der Waals surface area contributed by atoms with E-state index in [0.29, 0.717) is 12.4 Å². The van der Waals surface area contributed by atoms with E-state index in [2.05, 4.69) is 35.6 Å². The summed E-state index contributed by atoms with van der Waals surface area (Å²) in [6.45, 7) is 5.59. The van der Waals surface area contributed by atoms with E-state index in [0.717, 1.165) is 19.4 Å². The van der Waals surface area contributed by atoms with Crippen LogP contribution in [0.3, 0.4) is 0 Å². The fraction of sp³-hybridized carbons (Fsp3) is 0.429. The van der Waals surface area contributed by atoms with Crippen LogP contribution in [-0.4, -0.2) is 9.55 Å². The minimum atomic E-state index is -0.0426. The molecule has 0 amide bonds. The summed E-state index contributed by atoms with van der Waals surface area (Å²) >= 11 is 1.71. The summed E-state index contributed by atoms with van der Waals surface area (Å²) in [7, 11) is 0. The number of hydrogen-bond donors (Lipinski definition) is 1. The monoisotopic (exact) mass is 277 g/mol. The number of nitrogens with zero attached hydrogens (tertiary/aromatic N) is 2. The summed E-state index contributed by atoms with van der Waals surface area (Å²) in [5, 5.41) is 5.24. The van der Waals surface area contributed by atoms with E-state index >= 15 is 0 Å². The Morgan fingerprint density at radius 2 is 2.26 bits per heavy atom. The van der Waals surface area contributed by atoms with Gasteiger partial charge in [-0.2, -0.15) is 0 Å². The molecule has 0 radical (unpaired) electrons. The van der Waals surface area contributed by atoms with E-state index in [1.807, 2.05) is 0 Å². The number of hydrogen-bond acceptors (Lipinski definition) is 4. The summed E-state index contributed by atoms with van der Waals surface area (Å²) < 4.78 is 1.70. The van der Waals surface area contributed by atoms with Crippen LogP contribution in [0.15, 0.2) is 28.6 Å². The maximum absolute atomic E-state index is 12.1. The topological polar surface area (TPSA) is 46.9 Å². The van der Waals surface area contributed by atoms with E-state index < -0.39 is 0 Å². The van der Waals surface area contributed by atoms with E-state index in [9.17, 15) is 4.79 Å². The molecule has 0 aliphatic rings. The van der Waals surface area contributed by atoms with E-state index in [1.54, 1.807) is 28.3 Å². The van der Waals surface area contributed by atoms with Crippen molar-refractivity contribution in [2.75, 3.05) is 5.32 Å². The molecule has 0 aromatic carbocycles. The van der Waals surface area contributed by atoms with Gasteiger partial charge >= 0.3 is 0 Å². The van der Waals surface area contributed by atoms with Gasteiger partial charge in [-0.15, -0.1) is 11.3 Å². The molecule has 0 saturated heterocycles. The first-order valence-electron chi connectivity index (χ1n) is 6.60. The predicted molar refractivity (Wildman–Crippen MR) is 79.8 cm³/mol. The third-order valence-corrected chi connectivity index (χ3v) is 3.98. The largest absolute Gasteiger partial charge is 0.361 e. The highest BCUT2D eigenvalue weighted by molar-refractivity contribution is 7.10. The Morgan fingerprint density at radius 3 is 3.00 bits per heavy atom. The maximum atomic E-state index is 12.1. The average Bonchev–Trinajstić information content (AvgIpc) is 2.87. The Bertz CT molecular complexity index is 588. The Balaban J connectivity index is 2.12. The maximum Gasteiger partial charge on any atom is 0.293 e. The van der Waals surface area contributed by atoms with E-state index in [4.69, 9.17) is 0 Å². The Kier molecular flexibility index (Phi) is 4.74. The van der Waals surface area contributed by atoms with Crippen molar-refractivity contribution in [3.8, 4) is 0 Å². The second kappa shape index (κ2) is 6.52. The van der Waals surface area contributed by atoms with E-state index in [-0.39, 0.29) is 5.56 Å². The fourth-order valence-corrected chi connectivity index (χ4v) is 2.90. The number of aryl methyl sites for hydroxylation is 2. The molecule has 0 aliphatic carbocycles. The third-order valence-electron chi connectivity index (χ3n) is 3.01. The summed E-state index contributed by atoms with van der Waals surface area (Å²) in [6, 6.07) is 2.13. The van der Waals surface area contributed by atoms with Gasteiger partial charge in [-0.25, -0.2) is 4.98 Å². The highest BCUT2D eigenvalue weighted by Crippen LogP contribution is 2.17. The Labute approximate surface area is 117 Å². The van der Waals surface area contributed by atoms with Crippen molar-refractivity contribution in [3.05, 3.63) is 44.6 Å². The number of anilines is 1. The minimum absolute atomic E-state index is 0.0426. The molecule has 0 atom stereocenters. The van der Waals surface area contributed by atoms with Crippen LogP contribution >= 0.6 is 11.3 Å². The highest BCUT2D eigenvalue weighted by Gasteiger charge is 2.06. The van der Waals surface area contributed by atoms with Crippen LogP contribution in [0.25, 0.3) is 0 Å². The molecule has 2 rings (SSSR count). The van der Waals surface area contributed by atoms with Gasteiger partial charge in [0.1, 0.15) is 0 Å². The summed E-state index contributed by atoms with van der Waals surface area (Å²) in [6.07, 6.45) is 5.37. The lowest BCUT2D eigenvalue weighted by Gasteiger charge is -2.08. The molecule has 0 spiro atoms. The van der Waals surface area contributed by atoms with Crippen LogP contribution in [0, 0.1) is 0 Å². The van der Waals surface area contributed by atoms with Gasteiger partial charge < -0.3 is 9.88 Å². The molecule has 2 aromatic heterocycles. The van der Waals surface area contributed by atoms with Crippen LogP contribution in [-0.2, 0) is 19.5 Å². The van der Waals surface area contributed by atoms with Gasteiger partial charge in [0.05, 0.1) is 6.54 Å². The molecule has 2 heterocycles. The lowest BCUT2D eigenvalue weighted by molar-refractivity contribution is 0.649. The van der Waals surface area contributed by atoms with E-state index in [1.165, 1.54) is 10.4 Å². The Morgan fingerprint density at radius 1 is 1.42 bits per heavy atom. The molecule has 5 heteroatoms. The van der Waals surface area contributed by atoms with Gasteiger partial charge in [0.25, 0.3) is 5.56 Å². The molecule has 1 N–H and O–H groups in total. The van der Waals surface area contributed by atoms with Crippen LogP contribution in [0.4, 0.5) is 5.82 Å². The quantitative estimate of drug-likeness (QED) is 0.883. The second-order valence-electron chi connectivity index (χ2n) is 4.35. The van der Waals surface area contributed by atoms with Crippen LogP contribution < -0.4 is 10.9 Å². The number of aromatic nitrogens is 2. The zero-order valence-electron chi connectivity index (χ0n) is 11.3. The predicted octanol–water partition coefficient (Wildman–Crippen LogP) is 2.89. The second-order valence-corrected chi connectivity index (χ2v) is 5.35. The van der Waals surface area contributed by atoms with Crippen molar-refractivity contribution >= 4 is 17.2 Å². The van der Waals surface area contributed by atoms with Crippen LogP contribution in [0.1, 0.15) is 30.7 Å². The molecular formula is C14H19N3OS. The van der Waals surface area contributed by atoms with Crippen molar-refractivity contribution in [1.82, 2.24) is 9.55 Å². The third kappa shape index (κ3) is 3.23. The smallest absolute Gasteiger partial charge is 0.293 e. The van der Waals surface area contributed by atoms with Gasteiger partial charge in [0, 0.05) is 23.8 Å². The van der Waals surface area contributed by atoms with Crippen molar-refractivity contribution in [1.29, 1.82) is 0 Å². The molecule has 0 fully saturated rings. The van der Waals surface area contributed by atoms with Crippen LogP contribution in [0.2, 0.25) is 0 Å². The zero-order chi connectivity index (χ0) is 13.7. The van der Waals surface area contributed by atoms with Gasteiger partial charge in [-0.3, -0.25) is 4.79 Å². The molecular weight excluding hydrogens is 258 g/mol. The molecule has 19 heavy (non-hydrogen) atoms. The van der Waals surface area contributed by atoms with Crippen molar-refractivity contribution in [2.45, 2.75) is 39.8 Å². The summed E-state index contributed by atoms with van der Waals surface area (Å²) in [5.74, 6) is 0.436. The van der Waals surface area contributed by atoms with Crippen molar-refractivity contribution in [3.63, 3.8) is 0 Å². The molecule has 0 saturated carbocycles. The number of thiophene rings is 1. The first-order chi connectivity index (χ1) is 9.26. The first-order valence-corrected chi connectivity index (χ1v) is 7.48. The fourth-order valence-electron chi connectivity index (χ4n) is 1.99. The lowest BCUT2D eigenvalue weighted by Crippen LogP contribution is -2.24. The average molecular weight is 277 g/mol. The molecule has 0 unspecified atom stereocenters. The van der Waals surface area contributed by atoms with Gasteiger partial charge in [-0.1, -0.05) is 13.8 Å². The molecule has 102 valence electrons. The van der Waals surface area contributed by atoms with Crippen molar-refractivity contribution < 1.29 is 0 Å². The minimum Gasteiger partial charge on any atom is -0.361 e. The lowest BCUT2D eigenvalue weighted by atomic mass is 10.2. The summed E-state index contributed by atoms with van der Waals surface area (Å²) in [5.41, 5.74) is 1.29. The number of rotatable bonds is 6. The SMILES string of the molecule is CCCn1ccnc(NCc2sccc2CC)c1=O. The molecule has 2 aromatic rings. The van der Waals surface area contributed by atoms with Gasteiger partial charge in [0.2, 0.25) is 0 Å². The van der Waals surface area contributed by atoms with Gasteiger partial charge in [0.15, 0.2) is 5.82 Å². The zero-order valence-corrected chi connectivity index (χ0v) is 12.2. The Hall–Kier alpha value is -1.62. The van der Waals surface area contributed by atoms with Gasteiger partial charge in [-0.05, 0) is 29.9 Å². The normalized spacial score (nSPS) is 10.6. The van der Waals surface area contributed by atoms with Crippen LogP contribution in [0.5, 0.6) is 0 Å². The first kappa shape index (κ1) is 13.8. The van der Waals surface area contributed by atoms with Crippen molar-refractivity contribution in [2.24, 2.45) is 0 Å². The molecule has 4 nitrogen and oxygen atoms in total.